The molecule has 2 N–H and O–H groups in total. The van der Waals surface area contributed by atoms with Gasteiger partial charge in [-0.1, -0.05) is 12.1 Å². The van der Waals surface area contributed by atoms with E-state index >= 15 is 0 Å². The molecule has 0 radical (unpaired) electrons. The fourth-order valence-electron chi connectivity index (χ4n) is 2.28. The maximum absolute atomic E-state index is 11.7. The molecule has 0 saturated carbocycles. The van der Waals surface area contributed by atoms with Crippen LogP contribution in [0.4, 0.5) is 17.1 Å². The zero-order chi connectivity index (χ0) is 14.3. The summed E-state index contributed by atoms with van der Waals surface area (Å²) in [5.41, 5.74) is 8.35. The largest absolute Gasteiger partial charge is 0.465 e. The van der Waals surface area contributed by atoms with Gasteiger partial charge in [-0.2, -0.15) is 0 Å². The van der Waals surface area contributed by atoms with E-state index in [1.807, 2.05) is 36.2 Å². The predicted octanol–water partition coefficient (Wildman–Crippen LogP) is 2.93. The van der Waals surface area contributed by atoms with E-state index in [0.717, 1.165) is 17.1 Å². The van der Waals surface area contributed by atoms with Crippen LogP contribution in [0.5, 0.6) is 11.5 Å². The predicted molar refractivity (Wildman–Crippen MR) is 76.8 cm³/mol. The second-order valence-corrected chi connectivity index (χ2v) is 4.53. The third-order valence-electron chi connectivity index (χ3n) is 3.34. The summed E-state index contributed by atoms with van der Waals surface area (Å²) in [6, 6.07) is 11.0. The van der Waals surface area contributed by atoms with E-state index in [4.69, 9.17) is 15.2 Å². The Kier molecular flexibility index (Phi) is 2.75. The highest BCUT2D eigenvalue weighted by molar-refractivity contribution is 5.97. The Hall–Kier alpha value is -2.69. The van der Waals surface area contributed by atoms with Crippen molar-refractivity contribution >= 4 is 23.0 Å². The van der Waals surface area contributed by atoms with Gasteiger partial charge in [-0.15, -0.1) is 0 Å². The van der Waals surface area contributed by atoms with Crippen molar-refractivity contribution in [1.29, 1.82) is 0 Å². The number of esters is 1. The zero-order valence-corrected chi connectivity index (χ0v) is 11.2. The van der Waals surface area contributed by atoms with Crippen LogP contribution < -0.4 is 15.4 Å². The summed E-state index contributed by atoms with van der Waals surface area (Å²) in [5, 5.41) is 0. The minimum atomic E-state index is -0.476. The third kappa shape index (κ3) is 1.75. The fourth-order valence-corrected chi connectivity index (χ4v) is 2.28. The highest BCUT2D eigenvalue weighted by Gasteiger charge is 2.24. The lowest BCUT2D eigenvalue weighted by molar-refractivity contribution is 0.0601. The van der Waals surface area contributed by atoms with Gasteiger partial charge in [-0.05, 0) is 24.3 Å². The first-order valence-electron chi connectivity index (χ1n) is 6.14. The lowest BCUT2D eigenvalue weighted by atomic mass is 10.1. The van der Waals surface area contributed by atoms with E-state index in [2.05, 4.69) is 0 Å². The van der Waals surface area contributed by atoms with E-state index in [9.17, 15) is 4.79 Å². The van der Waals surface area contributed by atoms with Crippen molar-refractivity contribution < 1.29 is 14.3 Å². The number of hydrogen-bond acceptors (Lipinski definition) is 5. The van der Waals surface area contributed by atoms with E-state index in [0.29, 0.717) is 17.0 Å². The Morgan fingerprint density at radius 1 is 1.20 bits per heavy atom. The molecular formula is C15H14N2O3. The first-order valence-corrected chi connectivity index (χ1v) is 6.14. The molecule has 0 unspecified atom stereocenters. The average molecular weight is 270 g/mol. The molecule has 0 aliphatic carbocycles. The molecule has 0 amide bonds. The van der Waals surface area contributed by atoms with Crippen LogP contribution in [-0.4, -0.2) is 20.1 Å². The van der Waals surface area contributed by atoms with Gasteiger partial charge in [0.2, 0.25) is 0 Å². The molecule has 3 rings (SSSR count). The maximum Gasteiger partial charge on any atom is 0.340 e. The molecule has 0 spiro atoms. The molecule has 5 nitrogen and oxygen atoms in total. The Balaban J connectivity index is 2.14. The van der Waals surface area contributed by atoms with Gasteiger partial charge in [0.1, 0.15) is 0 Å². The van der Waals surface area contributed by atoms with E-state index < -0.39 is 5.97 Å². The van der Waals surface area contributed by atoms with Crippen molar-refractivity contribution in [2.75, 3.05) is 24.8 Å². The number of rotatable bonds is 1. The Bertz CT molecular complexity index is 698. The zero-order valence-electron chi connectivity index (χ0n) is 11.2. The van der Waals surface area contributed by atoms with Crippen LogP contribution in [0.1, 0.15) is 10.4 Å². The SMILES string of the molecule is COC(=O)c1cc2c(cc1N)N(C)c1ccccc1O2. The van der Waals surface area contributed by atoms with E-state index in [1.54, 1.807) is 12.1 Å². The highest BCUT2D eigenvalue weighted by atomic mass is 16.5. The van der Waals surface area contributed by atoms with Crippen molar-refractivity contribution in [3.05, 3.63) is 42.0 Å². The van der Waals surface area contributed by atoms with Crippen LogP contribution in [-0.2, 0) is 4.74 Å². The number of benzene rings is 2. The average Bonchev–Trinajstić information content (AvgIpc) is 2.47. The summed E-state index contributed by atoms with van der Waals surface area (Å²) in [7, 11) is 3.25. The van der Waals surface area contributed by atoms with Gasteiger partial charge in [-0.25, -0.2) is 4.79 Å². The molecule has 0 fully saturated rings. The molecular weight excluding hydrogens is 256 g/mol. The number of anilines is 3. The Morgan fingerprint density at radius 3 is 2.70 bits per heavy atom. The molecule has 0 saturated heterocycles. The second kappa shape index (κ2) is 4.45. The third-order valence-corrected chi connectivity index (χ3v) is 3.34. The van der Waals surface area contributed by atoms with Crippen LogP contribution in [0.2, 0.25) is 0 Å². The highest BCUT2D eigenvalue weighted by Crippen LogP contribution is 2.46. The standard InChI is InChI=1S/C15H14N2O3/c1-17-11-5-3-4-6-13(11)20-14-7-9(15(18)19-2)10(16)8-12(14)17/h3-8H,16H2,1-2H3. The summed E-state index contributed by atoms with van der Waals surface area (Å²) in [5.74, 6) is 0.847. The van der Waals surface area contributed by atoms with Gasteiger partial charge < -0.3 is 20.1 Å². The fraction of sp³-hybridized carbons (Fsp3) is 0.133. The normalized spacial score (nSPS) is 12.2. The van der Waals surface area contributed by atoms with Gasteiger partial charge in [0.25, 0.3) is 0 Å². The van der Waals surface area contributed by atoms with Gasteiger partial charge in [-0.3, -0.25) is 0 Å². The van der Waals surface area contributed by atoms with Gasteiger partial charge in [0.05, 0.1) is 24.0 Å². The summed E-state index contributed by atoms with van der Waals surface area (Å²) < 4.78 is 10.5. The minimum absolute atomic E-state index is 0.305. The number of carbonyl (C=O) groups is 1. The number of fused-ring (bicyclic) bond motifs is 2. The Labute approximate surface area is 116 Å². The Morgan fingerprint density at radius 2 is 1.95 bits per heavy atom. The quantitative estimate of drug-likeness (QED) is 0.637. The number of hydrogen-bond donors (Lipinski definition) is 1. The van der Waals surface area contributed by atoms with Crippen molar-refractivity contribution in [2.45, 2.75) is 0 Å². The monoisotopic (exact) mass is 270 g/mol. The molecule has 1 heterocycles. The van der Waals surface area contributed by atoms with Crippen molar-refractivity contribution in [2.24, 2.45) is 0 Å². The number of nitrogen functional groups attached to an aromatic ring is 1. The van der Waals surface area contributed by atoms with E-state index in [-0.39, 0.29) is 0 Å². The van der Waals surface area contributed by atoms with Crippen LogP contribution >= 0.6 is 0 Å². The lowest BCUT2D eigenvalue weighted by Crippen LogP contribution is -2.17. The topological polar surface area (TPSA) is 64.8 Å². The van der Waals surface area contributed by atoms with Gasteiger partial charge in [0.15, 0.2) is 11.5 Å². The molecule has 0 atom stereocenters. The molecule has 102 valence electrons. The molecule has 5 heteroatoms. The van der Waals surface area contributed by atoms with Crippen molar-refractivity contribution in [3.63, 3.8) is 0 Å². The lowest BCUT2D eigenvalue weighted by Gasteiger charge is -2.30. The number of carbonyl (C=O) groups excluding carboxylic acids is 1. The van der Waals surface area contributed by atoms with E-state index in [1.165, 1.54) is 7.11 Å². The molecule has 0 bridgehead atoms. The molecule has 1 aliphatic rings. The number of para-hydroxylation sites is 2. The van der Waals surface area contributed by atoms with Crippen LogP contribution in [0.3, 0.4) is 0 Å². The molecule has 20 heavy (non-hydrogen) atoms. The number of nitrogens with zero attached hydrogens (tertiary/aromatic N) is 1. The molecule has 2 aromatic rings. The van der Waals surface area contributed by atoms with Crippen LogP contribution in [0.15, 0.2) is 36.4 Å². The maximum atomic E-state index is 11.7. The minimum Gasteiger partial charge on any atom is -0.465 e. The summed E-state index contributed by atoms with van der Waals surface area (Å²) in [6.07, 6.45) is 0. The van der Waals surface area contributed by atoms with Gasteiger partial charge >= 0.3 is 5.97 Å². The van der Waals surface area contributed by atoms with Crippen LogP contribution in [0.25, 0.3) is 0 Å². The summed E-state index contributed by atoms with van der Waals surface area (Å²) >= 11 is 0. The van der Waals surface area contributed by atoms with Crippen LogP contribution in [0, 0.1) is 0 Å². The van der Waals surface area contributed by atoms with Gasteiger partial charge in [0, 0.05) is 12.7 Å². The first kappa shape index (κ1) is 12.3. The molecule has 0 aromatic heterocycles. The number of ether oxygens (including phenoxy) is 2. The summed E-state index contributed by atoms with van der Waals surface area (Å²) in [4.78, 5) is 13.7. The second-order valence-electron chi connectivity index (χ2n) is 4.53. The number of methoxy groups -OCH3 is 1. The van der Waals surface area contributed by atoms with Crippen molar-refractivity contribution in [3.8, 4) is 11.5 Å². The molecule has 2 aromatic carbocycles. The number of nitrogens with two attached hydrogens (primary N) is 1. The smallest absolute Gasteiger partial charge is 0.340 e. The first-order chi connectivity index (χ1) is 9.61. The van der Waals surface area contributed by atoms with Crippen molar-refractivity contribution in [1.82, 2.24) is 0 Å². The summed E-state index contributed by atoms with van der Waals surface area (Å²) in [6.45, 7) is 0. The molecule has 1 aliphatic heterocycles.